The number of rotatable bonds is 8. The van der Waals surface area contributed by atoms with Gasteiger partial charge in [-0.2, -0.15) is 13.2 Å². The molecule has 0 aliphatic heterocycles. The van der Waals surface area contributed by atoms with Crippen molar-refractivity contribution in [3.05, 3.63) is 40.4 Å². The van der Waals surface area contributed by atoms with E-state index >= 15 is 0 Å². The third kappa shape index (κ3) is 6.51. The molecule has 0 spiro atoms. The van der Waals surface area contributed by atoms with E-state index < -0.39 is 18.0 Å². The molecule has 1 N–H and O–H groups in total. The predicted molar refractivity (Wildman–Crippen MR) is 93.9 cm³/mol. The second kappa shape index (κ2) is 9.58. The number of nitrogens with one attached hydrogen (secondary N) is 1. The molecule has 0 saturated carbocycles. The molecule has 0 saturated heterocycles. The van der Waals surface area contributed by atoms with Crippen LogP contribution in [-0.2, 0) is 4.74 Å². The number of aldehydes is 1. The molecule has 1 atom stereocenters. The number of benzene rings is 1. The number of ether oxygens (including phenoxy) is 1. The summed E-state index contributed by atoms with van der Waals surface area (Å²) in [4.78, 5) is 14.2. The van der Waals surface area contributed by atoms with Gasteiger partial charge in [0.05, 0.1) is 16.8 Å². The Balaban J connectivity index is 3.06. The summed E-state index contributed by atoms with van der Waals surface area (Å²) in [7, 11) is 1.41. The van der Waals surface area contributed by atoms with Gasteiger partial charge in [0.15, 0.2) is 0 Å². The van der Waals surface area contributed by atoms with Crippen molar-refractivity contribution in [2.75, 3.05) is 25.5 Å². The van der Waals surface area contributed by atoms with Gasteiger partial charge < -0.3 is 10.1 Å². The third-order valence-corrected chi connectivity index (χ3v) is 3.74. The van der Waals surface area contributed by atoms with Gasteiger partial charge in [-0.05, 0) is 43.7 Å². The van der Waals surface area contributed by atoms with Crippen LogP contribution in [0.5, 0.6) is 0 Å². The Morgan fingerprint density at radius 2 is 2.12 bits per heavy atom. The van der Waals surface area contributed by atoms with Gasteiger partial charge in [0.2, 0.25) is 0 Å². The number of alkyl halides is 3. The average molecular weight is 377 g/mol. The maximum atomic E-state index is 13.1. The lowest BCUT2D eigenvalue weighted by Crippen LogP contribution is -2.25. The third-order valence-electron chi connectivity index (χ3n) is 3.43. The van der Waals surface area contributed by atoms with Crippen LogP contribution < -0.4 is 5.32 Å². The van der Waals surface area contributed by atoms with Crippen LogP contribution in [0.1, 0.15) is 24.2 Å². The monoisotopic (exact) mass is 376 g/mol. The quantitative estimate of drug-likeness (QED) is 0.535. The van der Waals surface area contributed by atoms with Crippen molar-refractivity contribution >= 4 is 29.3 Å². The van der Waals surface area contributed by atoms with Gasteiger partial charge in [-0.3, -0.25) is 9.79 Å². The van der Waals surface area contributed by atoms with Crippen molar-refractivity contribution in [1.82, 2.24) is 0 Å². The zero-order chi connectivity index (χ0) is 19.0. The maximum absolute atomic E-state index is 13.1. The normalized spacial score (nSPS) is 14.4. The zero-order valence-corrected chi connectivity index (χ0v) is 14.9. The van der Waals surface area contributed by atoms with Gasteiger partial charge in [0, 0.05) is 25.8 Å². The fraction of sp³-hybridized carbons (Fsp3) is 0.412. The van der Waals surface area contributed by atoms with Crippen LogP contribution in [0, 0.1) is 0 Å². The highest BCUT2D eigenvalue weighted by molar-refractivity contribution is 6.33. The topological polar surface area (TPSA) is 50.7 Å². The predicted octanol–water partition coefficient (Wildman–Crippen LogP) is 4.55. The molecule has 0 amide bonds. The number of carbonyl (C=O) groups is 1. The standard InChI is InChI=1S/C17H20ClF3N2O2/c1-4-22-16(17(19,20)21)8-13(11(2)25-3)9-23-15-6-5-12(10-24)7-14(15)18/h5-8,10-11,23H,4,9H2,1-3H3/b13-8-,22-16?. The largest absolute Gasteiger partial charge is 0.432 e. The molecule has 1 aromatic carbocycles. The second-order valence-electron chi connectivity index (χ2n) is 5.17. The summed E-state index contributed by atoms with van der Waals surface area (Å²) in [6.45, 7) is 3.27. The molecule has 25 heavy (non-hydrogen) atoms. The number of methoxy groups -OCH3 is 1. The summed E-state index contributed by atoms with van der Waals surface area (Å²) in [5.74, 6) is 0. The van der Waals surface area contributed by atoms with E-state index in [1.165, 1.54) is 20.1 Å². The maximum Gasteiger partial charge on any atom is 0.432 e. The highest BCUT2D eigenvalue weighted by Crippen LogP contribution is 2.24. The molecule has 1 aromatic rings. The highest BCUT2D eigenvalue weighted by Gasteiger charge is 2.34. The molecule has 1 rings (SSSR count). The molecule has 0 bridgehead atoms. The Morgan fingerprint density at radius 1 is 1.44 bits per heavy atom. The first kappa shape index (κ1) is 21.2. The van der Waals surface area contributed by atoms with Crippen molar-refractivity contribution in [1.29, 1.82) is 0 Å². The number of nitrogens with zero attached hydrogens (tertiary/aromatic N) is 1. The second-order valence-corrected chi connectivity index (χ2v) is 5.57. The van der Waals surface area contributed by atoms with Crippen LogP contribution >= 0.6 is 11.6 Å². The van der Waals surface area contributed by atoms with Gasteiger partial charge in [-0.1, -0.05) is 11.6 Å². The molecule has 138 valence electrons. The van der Waals surface area contributed by atoms with Crippen LogP contribution in [0.15, 0.2) is 34.8 Å². The number of hydrogen-bond acceptors (Lipinski definition) is 4. The number of hydrogen-bond donors (Lipinski definition) is 1. The Labute approximate surface area is 149 Å². The van der Waals surface area contributed by atoms with Gasteiger partial charge in [0.25, 0.3) is 0 Å². The fourth-order valence-electron chi connectivity index (χ4n) is 1.97. The minimum Gasteiger partial charge on any atom is -0.380 e. The van der Waals surface area contributed by atoms with E-state index in [-0.39, 0.29) is 13.1 Å². The molecule has 0 aliphatic carbocycles. The number of halogens is 4. The first-order valence-electron chi connectivity index (χ1n) is 7.56. The van der Waals surface area contributed by atoms with E-state index in [1.54, 1.807) is 19.1 Å². The van der Waals surface area contributed by atoms with Crippen LogP contribution in [-0.4, -0.2) is 44.5 Å². The first-order valence-corrected chi connectivity index (χ1v) is 7.94. The Kier molecular flexibility index (Phi) is 8.12. The number of aliphatic imine (C=N–C) groups is 1. The molecular weight excluding hydrogens is 357 g/mol. The summed E-state index contributed by atoms with van der Waals surface area (Å²) in [6.07, 6.45) is -3.45. The van der Waals surface area contributed by atoms with Crippen LogP contribution in [0.25, 0.3) is 0 Å². The van der Waals surface area contributed by atoms with Gasteiger partial charge >= 0.3 is 6.18 Å². The van der Waals surface area contributed by atoms with Crippen molar-refractivity contribution in [2.24, 2.45) is 4.99 Å². The van der Waals surface area contributed by atoms with E-state index in [2.05, 4.69) is 10.3 Å². The summed E-state index contributed by atoms with van der Waals surface area (Å²) < 4.78 is 44.3. The van der Waals surface area contributed by atoms with Gasteiger partial charge in [0.1, 0.15) is 12.0 Å². The summed E-state index contributed by atoms with van der Waals surface area (Å²) in [5.41, 5.74) is 0.314. The first-order chi connectivity index (χ1) is 11.7. The minimum absolute atomic E-state index is 0.0202. The van der Waals surface area contributed by atoms with E-state index in [0.717, 1.165) is 6.08 Å². The van der Waals surface area contributed by atoms with Crippen molar-refractivity contribution in [3.63, 3.8) is 0 Å². The average Bonchev–Trinajstić information content (AvgIpc) is 2.56. The fourth-order valence-corrected chi connectivity index (χ4v) is 2.23. The Bertz CT molecular complexity index is 658. The smallest absolute Gasteiger partial charge is 0.380 e. The lowest BCUT2D eigenvalue weighted by atomic mass is 10.1. The highest BCUT2D eigenvalue weighted by atomic mass is 35.5. The van der Waals surface area contributed by atoms with Gasteiger partial charge in [-0.15, -0.1) is 0 Å². The molecule has 0 aliphatic rings. The van der Waals surface area contributed by atoms with E-state index in [9.17, 15) is 18.0 Å². The SMILES string of the molecule is CCN=C(/C=C(/CNc1ccc(C=O)cc1Cl)C(C)OC)C(F)(F)F. The zero-order valence-electron chi connectivity index (χ0n) is 14.2. The van der Waals surface area contributed by atoms with Crippen LogP contribution in [0.2, 0.25) is 5.02 Å². The molecule has 4 nitrogen and oxygen atoms in total. The lowest BCUT2D eigenvalue weighted by Gasteiger charge is -2.18. The number of carbonyl (C=O) groups excluding carboxylic acids is 1. The van der Waals surface area contributed by atoms with Crippen LogP contribution in [0.3, 0.4) is 0 Å². The van der Waals surface area contributed by atoms with Crippen molar-refractivity contribution in [3.8, 4) is 0 Å². The molecular formula is C17H20ClF3N2O2. The summed E-state index contributed by atoms with van der Waals surface area (Å²) in [6, 6.07) is 4.62. The Hall–Kier alpha value is -1.86. The molecule has 0 radical (unpaired) electrons. The molecule has 0 fully saturated rings. The van der Waals surface area contributed by atoms with E-state index in [0.29, 0.717) is 28.1 Å². The van der Waals surface area contributed by atoms with Gasteiger partial charge in [-0.25, -0.2) is 0 Å². The summed E-state index contributed by atoms with van der Waals surface area (Å²) >= 11 is 6.06. The number of anilines is 1. The van der Waals surface area contributed by atoms with Crippen molar-refractivity contribution < 1.29 is 22.7 Å². The number of allylic oxidation sites excluding steroid dienone is 1. The van der Waals surface area contributed by atoms with Crippen LogP contribution in [0.4, 0.5) is 18.9 Å². The van der Waals surface area contributed by atoms with E-state index in [4.69, 9.17) is 16.3 Å². The Morgan fingerprint density at radius 3 is 2.60 bits per heavy atom. The van der Waals surface area contributed by atoms with Crippen molar-refractivity contribution in [2.45, 2.75) is 26.1 Å². The lowest BCUT2D eigenvalue weighted by molar-refractivity contribution is -0.0579. The molecule has 8 heteroatoms. The molecule has 0 aromatic heterocycles. The minimum atomic E-state index is -4.54. The van der Waals surface area contributed by atoms with E-state index in [1.807, 2.05) is 0 Å². The molecule has 0 heterocycles. The summed E-state index contributed by atoms with van der Waals surface area (Å²) in [5, 5.41) is 3.26. The molecule has 1 unspecified atom stereocenters.